The first-order valence-corrected chi connectivity index (χ1v) is 10.2. The number of para-hydroxylation sites is 1. The number of carbonyl (C=O) groups is 1. The van der Waals surface area contributed by atoms with Crippen molar-refractivity contribution in [1.29, 1.82) is 0 Å². The quantitative estimate of drug-likeness (QED) is 0.579. The highest BCUT2D eigenvalue weighted by Gasteiger charge is 2.20. The van der Waals surface area contributed by atoms with E-state index >= 15 is 0 Å². The van der Waals surface area contributed by atoms with Gasteiger partial charge in [0.15, 0.2) is 5.82 Å². The van der Waals surface area contributed by atoms with Gasteiger partial charge >= 0.3 is 0 Å². The minimum absolute atomic E-state index is 0.0475. The van der Waals surface area contributed by atoms with Gasteiger partial charge in [0.2, 0.25) is 11.1 Å². The number of thioether (sulfide) groups is 1. The lowest BCUT2D eigenvalue weighted by molar-refractivity contribution is -0.115. The highest BCUT2D eigenvalue weighted by molar-refractivity contribution is 8.00. The lowest BCUT2D eigenvalue weighted by Gasteiger charge is -2.18. The molecule has 136 valence electrons. The first-order valence-electron chi connectivity index (χ1n) is 8.49. The summed E-state index contributed by atoms with van der Waals surface area (Å²) in [7, 11) is 0. The number of hydrogen-bond acceptors (Lipinski definition) is 5. The van der Waals surface area contributed by atoms with Crippen LogP contribution in [0.1, 0.15) is 37.8 Å². The van der Waals surface area contributed by atoms with Crippen LogP contribution in [0.3, 0.4) is 0 Å². The van der Waals surface area contributed by atoms with Crippen LogP contribution in [0.25, 0.3) is 10.7 Å². The van der Waals surface area contributed by atoms with Gasteiger partial charge in [0.1, 0.15) is 0 Å². The molecule has 0 unspecified atom stereocenters. The maximum absolute atomic E-state index is 12.7. The molecule has 0 bridgehead atoms. The molecule has 3 rings (SSSR count). The summed E-state index contributed by atoms with van der Waals surface area (Å²) in [6.07, 6.45) is 0. The van der Waals surface area contributed by atoms with Crippen LogP contribution < -0.4 is 5.32 Å². The van der Waals surface area contributed by atoms with Gasteiger partial charge in [-0.25, -0.2) is 4.98 Å². The van der Waals surface area contributed by atoms with E-state index in [0.717, 1.165) is 27.5 Å². The molecule has 0 saturated carbocycles. The van der Waals surface area contributed by atoms with Gasteiger partial charge in [0.25, 0.3) is 0 Å². The van der Waals surface area contributed by atoms with Crippen molar-refractivity contribution in [1.82, 2.24) is 15.2 Å². The molecule has 0 saturated heterocycles. The molecule has 2 aromatic heterocycles. The van der Waals surface area contributed by atoms with Crippen molar-refractivity contribution >= 4 is 34.7 Å². The maximum atomic E-state index is 12.7. The summed E-state index contributed by atoms with van der Waals surface area (Å²) in [6.45, 7) is 8.14. The van der Waals surface area contributed by atoms with E-state index in [1.807, 2.05) is 43.5 Å². The average molecular weight is 387 g/mol. The number of thiophene rings is 1. The number of nitrogens with one attached hydrogen (secondary N) is 2. The van der Waals surface area contributed by atoms with Crippen LogP contribution in [0.4, 0.5) is 5.69 Å². The number of hydrogen-bond donors (Lipinski definition) is 2. The van der Waals surface area contributed by atoms with E-state index < -0.39 is 0 Å². The molecule has 1 aromatic carbocycles. The second-order valence-corrected chi connectivity index (χ2v) is 8.64. The summed E-state index contributed by atoms with van der Waals surface area (Å²) in [4.78, 5) is 18.2. The predicted octanol–water partition coefficient (Wildman–Crippen LogP) is 5.08. The second-order valence-electron chi connectivity index (χ2n) is 6.39. The van der Waals surface area contributed by atoms with E-state index in [-0.39, 0.29) is 11.2 Å². The first kappa shape index (κ1) is 18.7. The molecule has 0 aliphatic carbocycles. The Morgan fingerprint density at radius 1 is 1.23 bits per heavy atom. The summed E-state index contributed by atoms with van der Waals surface area (Å²) in [5.41, 5.74) is 3.13. The first-order chi connectivity index (χ1) is 12.5. The number of aromatic nitrogens is 3. The second kappa shape index (κ2) is 8.05. The molecular weight excluding hydrogens is 364 g/mol. The monoisotopic (exact) mass is 386 g/mol. The third-order valence-electron chi connectivity index (χ3n) is 4.05. The number of carbonyl (C=O) groups excluding carboxylic acids is 1. The zero-order valence-corrected chi connectivity index (χ0v) is 16.9. The molecule has 1 amide bonds. The zero-order valence-electron chi connectivity index (χ0n) is 15.2. The fourth-order valence-corrected chi connectivity index (χ4v) is 3.99. The standard InChI is InChI=1S/C19H22N4OS2/c1-11(2)14-8-5-7-12(3)16(14)20-18(24)13(4)26-19-21-17(22-23-19)15-9-6-10-25-15/h5-11,13H,1-4H3,(H,20,24)(H,21,22,23)/t13-/m1/s1. The molecule has 0 radical (unpaired) electrons. The summed E-state index contributed by atoms with van der Waals surface area (Å²) in [5, 5.41) is 12.5. The smallest absolute Gasteiger partial charge is 0.237 e. The molecule has 5 nitrogen and oxygen atoms in total. The number of amides is 1. The maximum Gasteiger partial charge on any atom is 0.237 e. The van der Waals surface area contributed by atoms with E-state index in [4.69, 9.17) is 0 Å². The largest absolute Gasteiger partial charge is 0.325 e. The third-order valence-corrected chi connectivity index (χ3v) is 5.88. The Balaban J connectivity index is 1.69. The summed E-state index contributed by atoms with van der Waals surface area (Å²) in [6, 6.07) is 10.1. The number of nitrogens with zero attached hydrogens (tertiary/aromatic N) is 2. The van der Waals surface area contributed by atoms with Crippen molar-refractivity contribution < 1.29 is 4.79 Å². The van der Waals surface area contributed by atoms with Gasteiger partial charge in [-0.15, -0.1) is 16.4 Å². The molecule has 26 heavy (non-hydrogen) atoms. The van der Waals surface area contributed by atoms with E-state index in [1.165, 1.54) is 11.8 Å². The topological polar surface area (TPSA) is 70.7 Å². The van der Waals surface area contributed by atoms with Gasteiger partial charge in [-0.3, -0.25) is 9.89 Å². The molecule has 2 N–H and O–H groups in total. The lowest BCUT2D eigenvalue weighted by Crippen LogP contribution is -2.24. The molecule has 3 aromatic rings. The van der Waals surface area contributed by atoms with Gasteiger partial charge in [-0.1, -0.05) is 49.9 Å². The zero-order chi connectivity index (χ0) is 18.7. The van der Waals surface area contributed by atoms with E-state index in [9.17, 15) is 4.79 Å². The fourth-order valence-electron chi connectivity index (χ4n) is 2.60. The number of rotatable bonds is 6. The molecule has 0 spiro atoms. The summed E-state index contributed by atoms with van der Waals surface area (Å²) >= 11 is 2.95. The minimum Gasteiger partial charge on any atom is -0.325 e. The molecular formula is C19H22N4OS2. The highest BCUT2D eigenvalue weighted by Crippen LogP contribution is 2.29. The number of H-pyrrole nitrogens is 1. The van der Waals surface area contributed by atoms with Gasteiger partial charge < -0.3 is 5.32 Å². The van der Waals surface area contributed by atoms with E-state index in [2.05, 4.69) is 40.4 Å². The van der Waals surface area contributed by atoms with Crippen LogP contribution in [0, 0.1) is 6.92 Å². The van der Waals surface area contributed by atoms with E-state index in [1.54, 1.807) is 11.3 Å². The summed E-state index contributed by atoms with van der Waals surface area (Å²) < 4.78 is 0. The number of benzene rings is 1. The van der Waals surface area contributed by atoms with Crippen molar-refractivity contribution in [2.24, 2.45) is 0 Å². The Bertz CT molecular complexity index is 887. The van der Waals surface area contributed by atoms with Crippen molar-refractivity contribution in [3.05, 3.63) is 46.8 Å². The van der Waals surface area contributed by atoms with Crippen LogP contribution in [-0.2, 0) is 4.79 Å². The van der Waals surface area contributed by atoms with Gasteiger partial charge in [-0.2, -0.15) is 0 Å². The minimum atomic E-state index is -0.304. The van der Waals surface area contributed by atoms with Crippen LogP contribution in [0.5, 0.6) is 0 Å². The molecule has 7 heteroatoms. The average Bonchev–Trinajstić information content (AvgIpc) is 3.27. The Morgan fingerprint density at radius 3 is 2.73 bits per heavy atom. The predicted molar refractivity (Wildman–Crippen MR) is 109 cm³/mol. The van der Waals surface area contributed by atoms with Crippen molar-refractivity contribution in [2.75, 3.05) is 5.32 Å². The fraction of sp³-hybridized carbons (Fsp3) is 0.316. The Morgan fingerprint density at radius 2 is 2.04 bits per heavy atom. The summed E-state index contributed by atoms with van der Waals surface area (Å²) in [5.74, 6) is 1.03. The molecule has 1 atom stereocenters. The lowest BCUT2D eigenvalue weighted by atomic mass is 9.98. The van der Waals surface area contributed by atoms with Crippen LogP contribution >= 0.6 is 23.1 Å². The highest BCUT2D eigenvalue weighted by atomic mass is 32.2. The van der Waals surface area contributed by atoms with Crippen molar-refractivity contribution in [2.45, 2.75) is 44.0 Å². The molecule has 0 aliphatic rings. The van der Waals surface area contributed by atoms with Crippen LogP contribution in [-0.4, -0.2) is 26.3 Å². The van der Waals surface area contributed by atoms with Crippen LogP contribution in [0.15, 0.2) is 40.9 Å². The SMILES string of the molecule is Cc1cccc(C(C)C)c1NC(=O)[C@@H](C)Sc1n[nH]c(-c2cccs2)n1. The van der Waals surface area contributed by atoms with Gasteiger partial charge in [0, 0.05) is 5.69 Å². The molecule has 2 heterocycles. The Hall–Kier alpha value is -2.12. The Labute approximate surface area is 161 Å². The number of anilines is 1. The number of aryl methyl sites for hydroxylation is 1. The molecule has 0 aliphatic heterocycles. The number of aromatic amines is 1. The molecule has 0 fully saturated rings. The van der Waals surface area contributed by atoms with Gasteiger partial charge in [-0.05, 0) is 42.3 Å². The van der Waals surface area contributed by atoms with E-state index in [0.29, 0.717) is 11.1 Å². The third kappa shape index (κ3) is 4.16. The van der Waals surface area contributed by atoms with Gasteiger partial charge in [0.05, 0.1) is 10.1 Å². The Kier molecular flexibility index (Phi) is 5.78. The van der Waals surface area contributed by atoms with Crippen LogP contribution in [0.2, 0.25) is 0 Å². The van der Waals surface area contributed by atoms with Crippen molar-refractivity contribution in [3.8, 4) is 10.7 Å². The van der Waals surface area contributed by atoms with Crippen molar-refractivity contribution in [3.63, 3.8) is 0 Å². The normalized spacial score (nSPS) is 12.3.